The molecule has 26 heavy (non-hydrogen) atoms. The largest absolute Gasteiger partial charge is 0.482 e. The van der Waals surface area contributed by atoms with Crippen LogP contribution in [0.15, 0.2) is 42.6 Å². The predicted molar refractivity (Wildman–Crippen MR) is 99.9 cm³/mol. The number of fused-ring (bicyclic) bond motifs is 2. The van der Waals surface area contributed by atoms with E-state index < -0.39 is 0 Å². The molecule has 0 fully saturated rings. The van der Waals surface area contributed by atoms with Crippen molar-refractivity contribution in [3.8, 4) is 5.75 Å². The number of carbonyl (C=O) groups is 2. The van der Waals surface area contributed by atoms with Crippen molar-refractivity contribution in [2.45, 2.75) is 6.42 Å². The molecule has 3 aromatic rings. The van der Waals surface area contributed by atoms with Gasteiger partial charge in [-0.2, -0.15) is 0 Å². The van der Waals surface area contributed by atoms with Gasteiger partial charge in [-0.05, 0) is 48.4 Å². The number of hydrogen-bond acceptors (Lipinski definition) is 3. The third-order valence-electron chi connectivity index (χ3n) is 4.28. The molecule has 1 aromatic heterocycles. The molecule has 0 bridgehead atoms. The Morgan fingerprint density at radius 3 is 3.00 bits per heavy atom. The zero-order valence-corrected chi connectivity index (χ0v) is 14.5. The van der Waals surface area contributed by atoms with Gasteiger partial charge in [0.15, 0.2) is 6.61 Å². The van der Waals surface area contributed by atoms with Crippen LogP contribution in [0.2, 0.25) is 5.02 Å². The molecule has 2 aromatic carbocycles. The Morgan fingerprint density at radius 1 is 1.23 bits per heavy atom. The van der Waals surface area contributed by atoms with Crippen LogP contribution in [0, 0.1) is 0 Å². The van der Waals surface area contributed by atoms with E-state index in [0.717, 1.165) is 16.5 Å². The zero-order valence-electron chi connectivity index (χ0n) is 13.8. The number of aromatic nitrogens is 1. The highest BCUT2D eigenvalue weighted by Crippen LogP contribution is 2.28. The number of amides is 2. The summed E-state index contributed by atoms with van der Waals surface area (Å²) in [5.74, 6) is 0.135. The highest BCUT2D eigenvalue weighted by molar-refractivity contribution is 6.31. The summed E-state index contributed by atoms with van der Waals surface area (Å²) in [7, 11) is 0. The highest BCUT2D eigenvalue weighted by atomic mass is 35.5. The summed E-state index contributed by atoms with van der Waals surface area (Å²) in [4.78, 5) is 27.0. The van der Waals surface area contributed by atoms with Gasteiger partial charge in [-0.25, -0.2) is 0 Å². The second-order valence-electron chi connectivity index (χ2n) is 6.06. The lowest BCUT2D eigenvalue weighted by molar-refractivity contribution is -0.118. The Bertz CT molecular complexity index is 1010. The van der Waals surface area contributed by atoms with Crippen LogP contribution in [0.1, 0.15) is 15.9 Å². The molecular formula is C19H16ClN3O3. The first-order valence-electron chi connectivity index (χ1n) is 8.20. The zero-order chi connectivity index (χ0) is 18.1. The third kappa shape index (κ3) is 3.23. The molecule has 0 aliphatic carbocycles. The lowest BCUT2D eigenvalue weighted by atomic mass is 10.1. The Hall–Kier alpha value is -2.99. The van der Waals surface area contributed by atoms with Crippen molar-refractivity contribution in [1.82, 2.24) is 10.3 Å². The Morgan fingerprint density at radius 2 is 2.12 bits per heavy atom. The summed E-state index contributed by atoms with van der Waals surface area (Å²) in [6.45, 7) is 0.478. The molecule has 2 amide bonds. The van der Waals surface area contributed by atoms with Gasteiger partial charge in [-0.1, -0.05) is 11.6 Å². The number of halogens is 1. The molecule has 1 aliphatic rings. The molecule has 1 aliphatic heterocycles. The summed E-state index contributed by atoms with van der Waals surface area (Å²) in [5, 5.41) is 7.33. The average molecular weight is 370 g/mol. The maximum absolute atomic E-state index is 12.4. The fourth-order valence-electron chi connectivity index (χ4n) is 2.99. The first-order valence-corrected chi connectivity index (χ1v) is 8.58. The Labute approximate surface area is 154 Å². The van der Waals surface area contributed by atoms with Gasteiger partial charge >= 0.3 is 0 Å². The number of H-pyrrole nitrogens is 1. The Kier molecular flexibility index (Phi) is 4.26. The second kappa shape index (κ2) is 6.72. The molecule has 0 spiro atoms. The summed E-state index contributed by atoms with van der Waals surface area (Å²) in [5.41, 5.74) is 3.09. The van der Waals surface area contributed by atoms with Crippen LogP contribution in [0.4, 0.5) is 5.69 Å². The van der Waals surface area contributed by atoms with Gasteiger partial charge < -0.3 is 20.4 Å². The van der Waals surface area contributed by atoms with Crippen molar-refractivity contribution >= 4 is 40.0 Å². The van der Waals surface area contributed by atoms with Crippen molar-refractivity contribution in [3.05, 3.63) is 58.7 Å². The van der Waals surface area contributed by atoms with E-state index in [1.807, 2.05) is 24.4 Å². The van der Waals surface area contributed by atoms with E-state index in [4.69, 9.17) is 16.3 Å². The number of ether oxygens (including phenoxy) is 1. The van der Waals surface area contributed by atoms with E-state index in [9.17, 15) is 9.59 Å². The number of aromatic amines is 1. The van der Waals surface area contributed by atoms with Gasteiger partial charge in [-0.3, -0.25) is 9.59 Å². The predicted octanol–water partition coefficient (Wildman–Crippen LogP) is 3.12. The van der Waals surface area contributed by atoms with Gasteiger partial charge in [0.2, 0.25) is 0 Å². The lowest BCUT2D eigenvalue weighted by Gasteiger charge is -2.18. The van der Waals surface area contributed by atoms with E-state index in [1.54, 1.807) is 18.2 Å². The van der Waals surface area contributed by atoms with Crippen LogP contribution in [-0.2, 0) is 11.2 Å². The molecule has 0 atom stereocenters. The molecule has 3 N–H and O–H groups in total. The maximum Gasteiger partial charge on any atom is 0.262 e. The van der Waals surface area contributed by atoms with Crippen LogP contribution in [0.25, 0.3) is 10.9 Å². The molecule has 0 radical (unpaired) electrons. The summed E-state index contributed by atoms with van der Waals surface area (Å²) >= 11 is 6.06. The molecule has 7 heteroatoms. The van der Waals surface area contributed by atoms with E-state index in [0.29, 0.717) is 35.0 Å². The fourth-order valence-corrected chi connectivity index (χ4v) is 3.17. The lowest BCUT2D eigenvalue weighted by Crippen LogP contribution is -2.28. The first kappa shape index (κ1) is 16.5. The van der Waals surface area contributed by atoms with Crippen molar-refractivity contribution in [2.24, 2.45) is 0 Å². The van der Waals surface area contributed by atoms with Crippen LogP contribution < -0.4 is 15.4 Å². The molecule has 0 saturated carbocycles. The molecular weight excluding hydrogens is 354 g/mol. The minimum absolute atomic E-state index is 0.00677. The topological polar surface area (TPSA) is 83.2 Å². The average Bonchev–Trinajstić information content (AvgIpc) is 3.03. The standard InChI is InChI=1S/C19H16ClN3O3/c20-13-2-3-15-14(8-13)12(9-22-15)5-6-21-19(25)11-1-4-17-16(7-11)23-18(24)10-26-17/h1-4,7-9,22H,5-6,10H2,(H,21,25)(H,23,24). The van der Waals surface area contributed by atoms with Gasteiger partial charge in [0, 0.05) is 34.2 Å². The van der Waals surface area contributed by atoms with Gasteiger partial charge in [0.1, 0.15) is 5.75 Å². The van der Waals surface area contributed by atoms with Crippen LogP contribution >= 0.6 is 11.6 Å². The molecule has 0 saturated heterocycles. The molecule has 0 unspecified atom stereocenters. The second-order valence-corrected chi connectivity index (χ2v) is 6.49. The minimum Gasteiger partial charge on any atom is -0.482 e. The van der Waals surface area contributed by atoms with Crippen LogP contribution in [0.5, 0.6) is 5.75 Å². The third-order valence-corrected chi connectivity index (χ3v) is 4.52. The summed E-state index contributed by atoms with van der Waals surface area (Å²) in [6.07, 6.45) is 2.61. The number of benzene rings is 2. The number of anilines is 1. The number of rotatable bonds is 4. The van der Waals surface area contributed by atoms with Crippen molar-refractivity contribution in [1.29, 1.82) is 0 Å². The van der Waals surface area contributed by atoms with Crippen molar-refractivity contribution in [2.75, 3.05) is 18.5 Å². The van der Waals surface area contributed by atoms with E-state index in [-0.39, 0.29) is 18.4 Å². The number of nitrogens with one attached hydrogen (secondary N) is 3. The normalized spacial score (nSPS) is 13.0. The smallest absolute Gasteiger partial charge is 0.262 e. The van der Waals surface area contributed by atoms with Crippen LogP contribution in [-0.4, -0.2) is 29.9 Å². The molecule has 2 heterocycles. The molecule has 4 rings (SSSR count). The van der Waals surface area contributed by atoms with E-state index in [1.165, 1.54) is 0 Å². The quantitative estimate of drug-likeness (QED) is 0.660. The number of hydrogen-bond donors (Lipinski definition) is 3. The van der Waals surface area contributed by atoms with Crippen LogP contribution in [0.3, 0.4) is 0 Å². The van der Waals surface area contributed by atoms with Crippen molar-refractivity contribution < 1.29 is 14.3 Å². The van der Waals surface area contributed by atoms with Crippen molar-refractivity contribution in [3.63, 3.8) is 0 Å². The minimum atomic E-state index is -0.229. The first-order chi connectivity index (χ1) is 12.6. The SMILES string of the molecule is O=C1COc2ccc(C(=O)NCCc3c[nH]c4ccc(Cl)cc34)cc2N1. The monoisotopic (exact) mass is 369 g/mol. The van der Waals surface area contributed by atoms with E-state index >= 15 is 0 Å². The Balaban J connectivity index is 1.41. The molecule has 132 valence electrons. The molecule has 6 nitrogen and oxygen atoms in total. The van der Waals surface area contributed by atoms with E-state index in [2.05, 4.69) is 15.6 Å². The van der Waals surface area contributed by atoms with Gasteiger partial charge in [-0.15, -0.1) is 0 Å². The highest BCUT2D eigenvalue weighted by Gasteiger charge is 2.17. The van der Waals surface area contributed by atoms with Gasteiger partial charge in [0.05, 0.1) is 5.69 Å². The summed E-state index contributed by atoms with van der Waals surface area (Å²) in [6, 6.07) is 10.7. The summed E-state index contributed by atoms with van der Waals surface area (Å²) < 4.78 is 5.29. The maximum atomic E-state index is 12.4. The fraction of sp³-hybridized carbons (Fsp3) is 0.158. The number of carbonyl (C=O) groups excluding carboxylic acids is 2. The van der Waals surface area contributed by atoms with Gasteiger partial charge in [0.25, 0.3) is 11.8 Å².